The highest BCUT2D eigenvalue weighted by Gasteiger charge is 2.15. The molecule has 25 heavy (non-hydrogen) atoms. The van der Waals surface area contributed by atoms with Gasteiger partial charge in [-0.3, -0.25) is 4.79 Å². The highest BCUT2D eigenvalue weighted by Crippen LogP contribution is 2.30. The van der Waals surface area contributed by atoms with Crippen molar-refractivity contribution in [3.05, 3.63) is 58.6 Å². The molecule has 0 saturated carbocycles. The van der Waals surface area contributed by atoms with Gasteiger partial charge in [-0.1, -0.05) is 11.6 Å². The van der Waals surface area contributed by atoms with E-state index in [0.717, 1.165) is 27.0 Å². The molecule has 2 aromatic carbocycles. The third kappa shape index (κ3) is 5.41. The van der Waals surface area contributed by atoms with Crippen LogP contribution in [0.4, 0.5) is 0 Å². The van der Waals surface area contributed by atoms with Gasteiger partial charge in [0.2, 0.25) is 0 Å². The molecule has 2 aromatic rings. The summed E-state index contributed by atoms with van der Waals surface area (Å²) in [7, 11) is 0. The lowest BCUT2D eigenvalue weighted by Gasteiger charge is -2.19. The van der Waals surface area contributed by atoms with Crippen LogP contribution in [0, 0.1) is 0 Å². The Kier molecular flexibility index (Phi) is 7.66. The van der Waals surface area contributed by atoms with E-state index in [9.17, 15) is 4.79 Å². The molecule has 0 aromatic heterocycles. The first-order chi connectivity index (χ1) is 12.1. The van der Waals surface area contributed by atoms with Gasteiger partial charge in [0.1, 0.15) is 5.75 Å². The molecule has 0 saturated heterocycles. The number of halogens is 1. The van der Waals surface area contributed by atoms with Crippen molar-refractivity contribution in [3.8, 4) is 5.75 Å². The van der Waals surface area contributed by atoms with Gasteiger partial charge in [-0.25, -0.2) is 0 Å². The van der Waals surface area contributed by atoms with Crippen molar-refractivity contribution in [2.24, 2.45) is 0 Å². The molecule has 134 valence electrons. The lowest BCUT2D eigenvalue weighted by molar-refractivity contribution is 0.0773. The molecule has 3 nitrogen and oxygen atoms in total. The average Bonchev–Trinajstić information content (AvgIpc) is 2.63. The lowest BCUT2D eigenvalue weighted by atomic mass is 10.1. The zero-order chi connectivity index (χ0) is 18.2. The molecular weight excluding hydrogens is 354 g/mol. The molecular formula is C20H24ClNO2S. The smallest absolute Gasteiger partial charge is 0.253 e. The maximum atomic E-state index is 12.6. The molecule has 0 bridgehead atoms. The average molecular weight is 378 g/mol. The number of carbonyl (C=O) groups excluding carboxylic acids is 1. The number of benzene rings is 2. The number of hydrogen-bond donors (Lipinski definition) is 0. The maximum absolute atomic E-state index is 12.6. The van der Waals surface area contributed by atoms with Gasteiger partial charge in [-0.05, 0) is 63.2 Å². The molecule has 5 heteroatoms. The zero-order valence-corrected chi connectivity index (χ0v) is 16.5. The minimum Gasteiger partial charge on any atom is -0.494 e. The predicted octanol–water partition coefficient (Wildman–Crippen LogP) is 5.51. The second kappa shape index (κ2) is 9.73. The fourth-order valence-electron chi connectivity index (χ4n) is 2.51. The Morgan fingerprint density at radius 1 is 1.08 bits per heavy atom. The number of thioether (sulfide) groups is 1. The Balaban J connectivity index is 2.22. The fraction of sp³-hybridized carbons (Fsp3) is 0.350. The van der Waals surface area contributed by atoms with Gasteiger partial charge < -0.3 is 9.64 Å². The summed E-state index contributed by atoms with van der Waals surface area (Å²) in [6, 6.07) is 13.5. The van der Waals surface area contributed by atoms with Crippen LogP contribution in [0.2, 0.25) is 5.02 Å². The maximum Gasteiger partial charge on any atom is 0.253 e. The summed E-state index contributed by atoms with van der Waals surface area (Å²) in [5, 5.41) is 0.728. The Morgan fingerprint density at radius 2 is 1.76 bits per heavy atom. The number of ether oxygens (including phenoxy) is 1. The molecule has 1 amide bonds. The van der Waals surface area contributed by atoms with Gasteiger partial charge in [0, 0.05) is 39.9 Å². The Labute approximate surface area is 159 Å². The van der Waals surface area contributed by atoms with E-state index in [4.69, 9.17) is 16.3 Å². The van der Waals surface area contributed by atoms with Gasteiger partial charge in [-0.2, -0.15) is 0 Å². The van der Waals surface area contributed by atoms with Gasteiger partial charge in [0.25, 0.3) is 5.91 Å². The van der Waals surface area contributed by atoms with Crippen molar-refractivity contribution < 1.29 is 9.53 Å². The van der Waals surface area contributed by atoms with E-state index in [0.29, 0.717) is 25.3 Å². The number of nitrogens with zero attached hydrogens (tertiary/aromatic N) is 1. The molecule has 0 heterocycles. The van der Waals surface area contributed by atoms with Gasteiger partial charge in [0.15, 0.2) is 0 Å². The van der Waals surface area contributed by atoms with E-state index in [-0.39, 0.29) is 5.91 Å². The molecule has 0 aliphatic rings. The Morgan fingerprint density at radius 3 is 2.36 bits per heavy atom. The number of rotatable bonds is 8. The summed E-state index contributed by atoms with van der Waals surface area (Å²) in [4.78, 5) is 15.6. The van der Waals surface area contributed by atoms with E-state index in [2.05, 4.69) is 0 Å². The molecule has 2 rings (SSSR count). The summed E-state index contributed by atoms with van der Waals surface area (Å²) in [6.45, 7) is 7.96. The second-order valence-electron chi connectivity index (χ2n) is 5.48. The minimum absolute atomic E-state index is 0.0609. The summed E-state index contributed by atoms with van der Waals surface area (Å²) >= 11 is 7.64. The van der Waals surface area contributed by atoms with Crippen molar-refractivity contribution in [1.82, 2.24) is 4.90 Å². The molecule has 0 atom stereocenters. The molecule has 0 spiro atoms. The van der Waals surface area contributed by atoms with E-state index in [1.165, 1.54) is 0 Å². The van der Waals surface area contributed by atoms with E-state index < -0.39 is 0 Å². The van der Waals surface area contributed by atoms with Crippen LogP contribution in [0.5, 0.6) is 5.75 Å². The standard InChI is InChI=1S/C20H24ClNO2S/c1-4-22(5-2)20(23)15-7-12-19(24-6-3)16(13-15)14-25-18-10-8-17(21)9-11-18/h7-13H,4-6,14H2,1-3H3. The Hall–Kier alpha value is -1.65. The van der Waals surface area contributed by atoms with Crippen molar-refractivity contribution in [2.45, 2.75) is 31.4 Å². The third-order valence-corrected chi connectivity index (χ3v) is 5.18. The van der Waals surface area contributed by atoms with Gasteiger partial charge in [0.05, 0.1) is 6.61 Å². The summed E-state index contributed by atoms with van der Waals surface area (Å²) < 4.78 is 5.73. The van der Waals surface area contributed by atoms with Crippen LogP contribution in [0.1, 0.15) is 36.7 Å². The second-order valence-corrected chi connectivity index (χ2v) is 6.96. The van der Waals surface area contributed by atoms with Crippen LogP contribution in [0.25, 0.3) is 0 Å². The predicted molar refractivity (Wildman–Crippen MR) is 106 cm³/mol. The third-order valence-electron chi connectivity index (χ3n) is 3.87. The molecule has 0 aliphatic heterocycles. The van der Waals surface area contributed by atoms with Crippen LogP contribution < -0.4 is 4.74 Å². The van der Waals surface area contributed by atoms with E-state index in [1.54, 1.807) is 11.8 Å². The monoisotopic (exact) mass is 377 g/mol. The molecule has 0 radical (unpaired) electrons. The largest absolute Gasteiger partial charge is 0.494 e. The fourth-order valence-corrected chi connectivity index (χ4v) is 3.51. The van der Waals surface area contributed by atoms with Crippen LogP contribution in [-0.4, -0.2) is 30.5 Å². The zero-order valence-electron chi connectivity index (χ0n) is 14.9. The normalized spacial score (nSPS) is 10.6. The van der Waals surface area contributed by atoms with E-state index in [1.807, 2.05) is 68.1 Å². The SMILES string of the molecule is CCOc1ccc(C(=O)N(CC)CC)cc1CSc1ccc(Cl)cc1. The molecule has 0 N–H and O–H groups in total. The van der Waals surface area contributed by atoms with Gasteiger partial charge >= 0.3 is 0 Å². The van der Waals surface area contributed by atoms with Gasteiger partial charge in [-0.15, -0.1) is 11.8 Å². The quantitative estimate of drug-likeness (QED) is 0.568. The number of amides is 1. The lowest BCUT2D eigenvalue weighted by Crippen LogP contribution is -2.30. The van der Waals surface area contributed by atoms with Crippen LogP contribution in [0.15, 0.2) is 47.4 Å². The first-order valence-corrected chi connectivity index (χ1v) is 9.88. The first-order valence-electron chi connectivity index (χ1n) is 8.52. The topological polar surface area (TPSA) is 29.5 Å². The molecule has 0 unspecified atom stereocenters. The number of carbonyl (C=O) groups is 1. The summed E-state index contributed by atoms with van der Waals surface area (Å²) in [5.74, 6) is 1.63. The highest BCUT2D eigenvalue weighted by atomic mass is 35.5. The van der Waals surface area contributed by atoms with Crippen LogP contribution >= 0.6 is 23.4 Å². The summed E-state index contributed by atoms with van der Waals surface area (Å²) in [6.07, 6.45) is 0. The highest BCUT2D eigenvalue weighted by molar-refractivity contribution is 7.98. The van der Waals surface area contributed by atoms with Crippen molar-refractivity contribution in [2.75, 3.05) is 19.7 Å². The van der Waals surface area contributed by atoms with Crippen molar-refractivity contribution >= 4 is 29.3 Å². The first kappa shape index (κ1) is 19.7. The van der Waals surface area contributed by atoms with Crippen LogP contribution in [-0.2, 0) is 5.75 Å². The van der Waals surface area contributed by atoms with Crippen molar-refractivity contribution in [3.63, 3.8) is 0 Å². The minimum atomic E-state index is 0.0609. The van der Waals surface area contributed by atoms with E-state index >= 15 is 0 Å². The van der Waals surface area contributed by atoms with Crippen LogP contribution in [0.3, 0.4) is 0 Å². The summed E-state index contributed by atoms with van der Waals surface area (Å²) in [5.41, 5.74) is 1.73. The number of hydrogen-bond acceptors (Lipinski definition) is 3. The Bertz CT molecular complexity index is 699. The van der Waals surface area contributed by atoms with Crippen molar-refractivity contribution in [1.29, 1.82) is 0 Å². The molecule has 0 aliphatic carbocycles. The molecule has 0 fully saturated rings.